The van der Waals surface area contributed by atoms with E-state index in [9.17, 15) is 4.79 Å². The first-order valence-corrected chi connectivity index (χ1v) is 13.6. The molecule has 1 aliphatic carbocycles. The molecule has 198 valence electrons. The van der Waals surface area contributed by atoms with Gasteiger partial charge in [-0.1, -0.05) is 76.1 Å². The van der Waals surface area contributed by atoms with E-state index in [4.69, 9.17) is 9.84 Å². The maximum absolute atomic E-state index is 10.5. The standard InChI is InChI=1S/C13H15NO2.C10H14O.C9H18/c1-10-9-11-5-2-3-6-12(11)14(10)8-4-7-13(15)16;1-7-5-9(3)10(11-4)6-8(7)2;1-2-6-9-7-4-3-5-8-9/h2-3,5-6,9H,4,7-8H2,1H3,(H,15,16);5-6H,1-4H3;9H,2-8H2,1H3. The fraction of sp³-hybridized carbons (Fsp3) is 0.531. The zero-order valence-corrected chi connectivity index (χ0v) is 23.4. The maximum atomic E-state index is 10.5. The maximum Gasteiger partial charge on any atom is 0.303 e. The third kappa shape index (κ3) is 9.37. The van der Waals surface area contributed by atoms with Gasteiger partial charge in [0, 0.05) is 24.2 Å². The molecule has 0 radical (unpaired) electrons. The van der Waals surface area contributed by atoms with Gasteiger partial charge in [0.1, 0.15) is 5.75 Å². The van der Waals surface area contributed by atoms with E-state index < -0.39 is 5.97 Å². The minimum absolute atomic E-state index is 0.228. The van der Waals surface area contributed by atoms with Gasteiger partial charge >= 0.3 is 5.97 Å². The minimum atomic E-state index is -0.728. The molecule has 1 aromatic heterocycles. The Labute approximate surface area is 218 Å². The number of aryl methyl sites for hydroxylation is 5. The van der Waals surface area contributed by atoms with Crippen LogP contribution in [-0.4, -0.2) is 22.8 Å². The molecule has 1 aliphatic rings. The molecule has 4 heteroatoms. The Morgan fingerprint density at radius 3 is 2.28 bits per heavy atom. The molecule has 3 aromatic rings. The molecule has 0 aliphatic heterocycles. The van der Waals surface area contributed by atoms with Crippen LogP contribution < -0.4 is 4.74 Å². The Hall–Kier alpha value is -2.75. The number of para-hydroxylation sites is 1. The Morgan fingerprint density at radius 2 is 1.64 bits per heavy atom. The van der Waals surface area contributed by atoms with Crippen LogP contribution in [0.15, 0.2) is 42.5 Å². The third-order valence-corrected chi connectivity index (χ3v) is 7.22. The number of carboxylic acid groups (broad SMARTS) is 1. The highest BCUT2D eigenvalue weighted by Crippen LogP contribution is 2.27. The van der Waals surface area contributed by atoms with Crippen LogP contribution in [0, 0.1) is 33.6 Å². The van der Waals surface area contributed by atoms with Crippen molar-refractivity contribution in [3.63, 3.8) is 0 Å². The zero-order chi connectivity index (χ0) is 26.5. The van der Waals surface area contributed by atoms with Crippen LogP contribution in [0.4, 0.5) is 0 Å². The summed E-state index contributed by atoms with van der Waals surface area (Å²) in [4.78, 5) is 10.5. The predicted octanol–water partition coefficient (Wildman–Crippen LogP) is 8.80. The molecule has 1 saturated carbocycles. The molecule has 0 spiro atoms. The van der Waals surface area contributed by atoms with Crippen molar-refractivity contribution in [2.75, 3.05) is 7.11 Å². The summed E-state index contributed by atoms with van der Waals surface area (Å²) >= 11 is 0. The molecule has 2 aromatic carbocycles. The summed E-state index contributed by atoms with van der Waals surface area (Å²) in [6, 6.07) is 14.5. The fourth-order valence-electron chi connectivity index (χ4n) is 5.07. The quantitative estimate of drug-likeness (QED) is 0.358. The lowest BCUT2D eigenvalue weighted by molar-refractivity contribution is -0.137. The predicted molar refractivity (Wildman–Crippen MR) is 152 cm³/mol. The van der Waals surface area contributed by atoms with E-state index in [1.807, 2.05) is 12.1 Å². The average Bonchev–Trinajstić information content (AvgIpc) is 3.18. The van der Waals surface area contributed by atoms with E-state index in [1.165, 1.54) is 78.2 Å². The van der Waals surface area contributed by atoms with Gasteiger partial charge < -0.3 is 14.4 Å². The summed E-state index contributed by atoms with van der Waals surface area (Å²) in [5, 5.41) is 9.83. The van der Waals surface area contributed by atoms with E-state index in [1.54, 1.807) is 7.11 Å². The number of fused-ring (bicyclic) bond motifs is 1. The summed E-state index contributed by atoms with van der Waals surface area (Å²) < 4.78 is 7.36. The minimum Gasteiger partial charge on any atom is -0.496 e. The summed E-state index contributed by atoms with van der Waals surface area (Å²) in [5.74, 6) is 1.35. The zero-order valence-electron chi connectivity index (χ0n) is 23.4. The Kier molecular flexibility index (Phi) is 12.6. The van der Waals surface area contributed by atoms with Crippen molar-refractivity contribution in [3.05, 3.63) is 64.8 Å². The summed E-state index contributed by atoms with van der Waals surface area (Å²) in [6.07, 6.45) is 11.3. The highest BCUT2D eigenvalue weighted by atomic mass is 16.5. The number of aromatic nitrogens is 1. The molecule has 36 heavy (non-hydrogen) atoms. The van der Waals surface area contributed by atoms with E-state index in [0.29, 0.717) is 6.42 Å². The van der Waals surface area contributed by atoms with Gasteiger partial charge in [0.2, 0.25) is 0 Å². The SMILES string of the molecule is CCCC1CCCCC1.COc1cc(C)c(C)cc1C.Cc1cc2ccccc2n1CCCC(=O)O. The van der Waals surface area contributed by atoms with Gasteiger partial charge in [-0.2, -0.15) is 0 Å². The molecular formula is C32H47NO3. The molecule has 0 saturated heterocycles. The number of methoxy groups -OCH3 is 1. The molecular weight excluding hydrogens is 446 g/mol. The van der Waals surface area contributed by atoms with Crippen molar-refractivity contribution in [1.82, 2.24) is 4.57 Å². The lowest BCUT2D eigenvalue weighted by Crippen LogP contribution is -2.04. The second-order valence-electron chi connectivity index (χ2n) is 10.2. The first-order chi connectivity index (χ1) is 17.3. The Bertz CT molecular complexity index is 1070. The molecule has 0 atom stereocenters. The first kappa shape index (κ1) is 29.5. The largest absolute Gasteiger partial charge is 0.496 e. The van der Waals surface area contributed by atoms with Crippen LogP contribution in [0.2, 0.25) is 0 Å². The monoisotopic (exact) mass is 493 g/mol. The number of nitrogens with zero attached hydrogens (tertiary/aromatic N) is 1. The topological polar surface area (TPSA) is 51.5 Å². The van der Waals surface area contributed by atoms with E-state index in [-0.39, 0.29) is 6.42 Å². The van der Waals surface area contributed by atoms with E-state index in [2.05, 4.69) is 69.5 Å². The Morgan fingerprint density at radius 1 is 0.972 bits per heavy atom. The van der Waals surface area contributed by atoms with Gasteiger partial charge in [-0.05, 0) is 80.3 Å². The van der Waals surface area contributed by atoms with Crippen LogP contribution in [-0.2, 0) is 11.3 Å². The third-order valence-electron chi connectivity index (χ3n) is 7.22. The smallest absolute Gasteiger partial charge is 0.303 e. The number of carboxylic acids is 1. The van der Waals surface area contributed by atoms with Crippen molar-refractivity contribution in [2.45, 2.75) is 99.0 Å². The molecule has 0 bridgehead atoms. The summed E-state index contributed by atoms with van der Waals surface area (Å²) in [7, 11) is 1.71. The molecule has 0 unspecified atom stereocenters. The van der Waals surface area contributed by atoms with Crippen molar-refractivity contribution in [3.8, 4) is 5.75 Å². The van der Waals surface area contributed by atoms with Gasteiger partial charge in [0.15, 0.2) is 0 Å². The van der Waals surface area contributed by atoms with Crippen LogP contribution in [0.25, 0.3) is 10.9 Å². The molecule has 4 rings (SSSR count). The summed E-state index contributed by atoms with van der Waals surface area (Å²) in [5.41, 5.74) is 6.18. The summed E-state index contributed by atoms with van der Waals surface area (Å²) in [6.45, 7) is 11.4. The lowest BCUT2D eigenvalue weighted by atomic mass is 9.86. The van der Waals surface area contributed by atoms with Gasteiger partial charge in [-0.3, -0.25) is 4.79 Å². The number of carbonyl (C=O) groups is 1. The van der Waals surface area contributed by atoms with Crippen LogP contribution in [0.5, 0.6) is 5.75 Å². The molecule has 4 nitrogen and oxygen atoms in total. The second kappa shape index (κ2) is 15.4. The fourth-order valence-corrected chi connectivity index (χ4v) is 5.07. The number of ether oxygens (including phenoxy) is 1. The number of aliphatic carboxylic acids is 1. The second-order valence-corrected chi connectivity index (χ2v) is 10.2. The first-order valence-electron chi connectivity index (χ1n) is 13.6. The van der Waals surface area contributed by atoms with Crippen molar-refractivity contribution < 1.29 is 14.6 Å². The lowest BCUT2D eigenvalue weighted by Gasteiger charge is -2.20. The van der Waals surface area contributed by atoms with Gasteiger partial charge in [0.25, 0.3) is 0 Å². The van der Waals surface area contributed by atoms with Crippen molar-refractivity contribution >= 4 is 16.9 Å². The van der Waals surface area contributed by atoms with Gasteiger partial charge in [-0.25, -0.2) is 0 Å². The molecule has 1 N–H and O–H groups in total. The Balaban J connectivity index is 0.000000200. The number of hydrogen-bond acceptors (Lipinski definition) is 2. The van der Waals surface area contributed by atoms with Crippen LogP contribution >= 0.6 is 0 Å². The molecule has 1 heterocycles. The van der Waals surface area contributed by atoms with Crippen LogP contribution in [0.3, 0.4) is 0 Å². The highest BCUT2D eigenvalue weighted by Gasteiger charge is 2.11. The number of benzene rings is 2. The van der Waals surface area contributed by atoms with E-state index >= 15 is 0 Å². The van der Waals surface area contributed by atoms with E-state index in [0.717, 1.165) is 18.2 Å². The number of rotatable bonds is 7. The van der Waals surface area contributed by atoms with Crippen molar-refractivity contribution in [2.24, 2.45) is 5.92 Å². The van der Waals surface area contributed by atoms with Gasteiger partial charge in [0.05, 0.1) is 7.11 Å². The number of hydrogen-bond donors (Lipinski definition) is 1. The van der Waals surface area contributed by atoms with Crippen molar-refractivity contribution in [1.29, 1.82) is 0 Å². The normalized spacial score (nSPS) is 13.4. The molecule has 0 amide bonds. The van der Waals surface area contributed by atoms with Gasteiger partial charge in [-0.15, -0.1) is 0 Å². The molecule has 1 fully saturated rings. The average molecular weight is 494 g/mol. The van der Waals surface area contributed by atoms with Crippen LogP contribution in [0.1, 0.15) is 87.1 Å². The highest BCUT2D eigenvalue weighted by molar-refractivity contribution is 5.81.